The highest BCUT2D eigenvalue weighted by Crippen LogP contribution is 2.53. The van der Waals surface area contributed by atoms with Gasteiger partial charge in [-0.05, 0) is 94.0 Å². The van der Waals surface area contributed by atoms with E-state index in [4.69, 9.17) is 4.42 Å². The number of aromatic nitrogens is 2. The van der Waals surface area contributed by atoms with Crippen molar-refractivity contribution >= 4 is 65.6 Å². The number of fused-ring (bicyclic) bond motifs is 13. The van der Waals surface area contributed by atoms with Crippen molar-refractivity contribution in [2.45, 2.75) is 19.3 Å². The van der Waals surface area contributed by atoms with Gasteiger partial charge in [0, 0.05) is 49.1 Å². The minimum absolute atomic E-state index is 0.148. The minimum Gasteiger partial charge on any atom is -0.456 e. The first-order chi connectivity index (χ1) is 26.6. The SMILES string of the molecule is CC1(C)c2ccccc2-c2ccc3c4cc(-c5cccc6oc7ccc(-n8c9ccccc9c9ccccc98)cc7c56)ccc4n(-c4ccccc4)c3c21. The highest BCUT2D eigenvalue weighted by atomic mass is 16.3. The second-order valence-electron chi connectivity index (χ2n) is 15.3. The third-order valence-electron chi connectivity index (χ3n) is 12.1. The van der Waals surface area contributed by atoms with Crippen LogP contribution in [0, 0.1) is 0 Å². The molecule has 54 heavy (non-hydrogen) atoms. The summed E-state index contributed by atoms with van der Waals surface area (Å²) in [6.45, 7) is 4.77. The summed E-state index contributed by atoms with van der Waals surface area (Å²) < 4.78 is 11.4. The molecule has 11 aromatic rings. The lowest BCUT2D eigenvalue weighted by Crippen LogP contribution is -2.16. The molecule has 0 aliphatic heterocycles. The predicted molar refractivity (Wildman–Crippen MR) is 225 cm³/mol. The van der Waals surface area contributed by atoms with Gasteiger partial charge in [-0.15, -0.1) is 0 Å². The zero-order chi connectivity index (χ0) is 35.7. The summed E-state index contributed by atoms with van der Waals surface area (Å²) in [6.07, 6.45) is 0. The molecule has 0 saturated heterocycles. The molecule has 0 unspecified atom stereocenters. The standard InChI is InChI=1S/C51H34N2O/c1-51(2)42-19-9-6-15-35(42)38-25-26-39-40-29-31(23-27-45(40)53(50(39)49(38)51)32-13-4-3-5-14-32)34-18-12-22-47-48(34)41-30-33(24-28-46(41)54-47)52-43-20-10-7-16-36(43)37-17-8-11-21-44(37)52/h3-30H,1-2H3. The van der Waals surface area contributed by atoms with Gasteiger partial charge in [0.1, 0.15) is 11.2 Å². The molecular formula is C51H34N2O. The molecule has 1 aliphatic carbocycles. The molecular weight excluding hydrogens is 657 g/mol. The molecule has 0 radical (unpaired) electrons. The van der Waals surface area contributed by atoms with Crippen LogP contribution in [0.1, 0.15) is 25.0 Å². The number of para-hydroxylation sites is 3. The number of nitrogens with zero attached hydrogens (tertiary/aromatic N) is 2. The van der Waals surface area contributed by atoms with Gasteiger partial charge >= 0.3 is 0 Å². The minimum atomic E-state index is -0.148. The van der Waals surface area contributed by atoms with Gasteiger partial charge in [-0.3, -0.25) is 0 Å². The Kier molecular flexibility index (Phi) is 5.84. The van der Waals surface area contributed by atoms with Crippen molar-refractivity contribution in [2.75, 3.05) is 0 Å². The van der Waals surface area contributed by atoms with Crippen LogP contribution in [0.25, 0.3) is 99.2 Å². The van der Waals surface area contributed by atoms with Crippen LogP contribution < -0.4 is 0 Å². The summed E-state index contributed by atoms with van der Waals surface area (Å²) in [4.78, 5) is 0. The van der Waals surface area contributed by atoms with E-state index in [1.807, 2.05) is 0 Å². The Bertz CT molecular complexity index is 3300. The summed E-state index contributed by atoms with van der Waals surface area (Å²) in [5.41, 5.74) is 16.6. The molecule has 0 amide bonds. The van der Waals surface area contributed by atoms with Crippen molar-refractivity contribution in [1.29, 1.82) is 0 Å². The zero-order valence-electron chi connectivity index (χ0n) is 30.0. The molecule has 0 saturated carbocycles. The third-order valence-corrected chi connectivity index (χ3v) is 12.1. The Morgan fingerprint density at radius 1 is 0.426 bits per heavy atom. The molecule has 0 spiro atoms. The van der Waals surface area contributed by atoms with E-state index in [9.17, 15) is 0 Å². The van der Waals surface area contributed by atoms with Gasteiger partial charge < -0.3 is 13.6 Å². The smallest absolute Gasteiger partial charge is 0.136 e. The van der Waals surface area contributed by atoms with Crippen LogP contribution in [-0.2, 0) is 5.41 Å². The lowest BCUT2D eigenvalue weighted by atomic mass is 9.81. The fraction of sp³-hybridized carbons (Fsp3) is 0.0588. The Balaban J connectivity index is 1.12. The fourth-order valence-corrected chi connectivity index (χ4v) is 9.77. The van der Waals surface area contributed by atoms with Crippen molar-refractivity contribution in [3.63, 3.8) is 0 Å². The van der Waals surface area contributed by atoms with E-state index in [2.05, 4.69) is 193 Å². The number of hydrogen-bond donors (Lipinski definition) is 0. The fourth-order valence-electron chi connectivity index (χ4n) is 9.77. The molecule has 3 heterocycles. The van der Waals surface area contributed by atoms with E-state index in [0.717, 1.165) is 27.6 Å². The number of furan rings is 1. The maximum atomic E-state index is 6.57. The first-order valence-corrected chi connectivity index (χ1v) is 18.8. The summed E-state index contributed by atoms with van der Waals surface area (Å²) >= 11 is 0. The summed E-state index contributed by atoms with van der Waals surface area (Å²) in [7, 11) is 0. The molecule has 8 aromatic carbocycles. The molecule has 0 N–H and O–H groups in total. The average Bonchev–Trinajstić information content (AvgIpc) is 3.93. The van der Waals surface area contributed by atoms with Crippen LogP contribution in [0.3, 0.4) is 0 Å². The van der Waals surface area contributed by atoms with Crippen LogP contribution in [-0.4, -0.2) is 9.13 Å². The second-order valence-corrected chi connectivity index (χ2v) is 15.3. The van der Waals surface area contributed by atoms with Gasteiger partial charge in [0.05, 0.1) is 22.1 Å². The van der Waals surface area contributed by atoms with Crippen molar-refractivity contribution < 1.29 is 4.42 Å². The largest absolute Gasteiger partial charge is 0.456 e. The molecule has 0 atom stereocenters. The molecule has 3 aromatic heterocycles. The molecule has 254 valence electrons. The molecule has 1 aliphatic rings. The number of benzene rings is 8. The van der Waals surface area contributed by atoms with Crippen molar-refractivity contribution in [1.82, 2.24) is 9.13 Å². The second kappa shape index (κ2) is 10.6. The van der Waals surface area contributed by atoms with Crippen LogP contribution in [0.15, 0.2) is 174 Å². The summed E-state index contributed by atoms with van der Waals surface area (Å²) in [6, 6.07) is 62.0. The van der Waals surface area contributed by atoms with Crippen LogP contribution in [0.2, 0.25) is 0 Å². The van der Waals surface area contributed by atoms with Gasteiger partial charge in [0.15, 0.2) is 0 Å². The van der Waals surface area contributed by atoms with Crippen LogP contribution in [0.4, 0.5) is 0 Å². The van der Waals surface area contributed by atoms with E-state index < -0.39 is 0 Å². The number of hydrogen-bond acceptors (Lipinski definition) is 1. The van der Waals surface area contributed by atoms with Crippen LogP contribution in [0.5, 0.6) is 0 Å². The molecule has 3 nitrogen and oxygen atoms in total. The normalized spacial score (nSPS) is 13.5. The van der Waals surface area contributed by atoms with E-state index in [-0.39, 0.29) is 5.41 Å². The summed E-state index contributed by atoms with van der Waals surface area (Å²) in [5.74, 6) is 0. The van der Waals surface area contributed by atoms with Crippen molar-refractivity contribution in [3.05, 3.63) is 181 Å². The Morgan fingerprint density at radius 2 is 1.13 bits per heavy atom. The maximum Gasteiger partial charge on any atom is 0.136 e. The molecule has 12 rings (SSSR count). The first kappa shape index (κ1) is 29.7. The lowest BCUT2D eigenvalue weighted by molar-refractivity contribution is 0.664. The van der Waals surface area contributed by atoms with Gasteiger partial charge in [-0.2, -0.15) is 0 Å². The maximum absolute atomic E-state index is 6.57. The number of rotatable bonds is 3. The van der Waals surface area contributed by atoms with Gasteiger partial charge in [0.25, 0.3) is 0 Å². The lowest BCUT2D eigenvalue weighted by Gasteiger charge is -2.23. The van der Waals surface area contributed by atoms with Crippen molar-refractivity contribution in [3.8, 4) is 33.6 Å². The predicted octanol–water partition coefficient (Wildman–Crippen LogP) is 13.8. The Hall–Kier alpha value is -6.84. The quantitative estimate of drug-likeness (QED) is 0.181. The monoisotopic (exact) mass is 690 g/mol. The van der Waals surface area contributed by atoms with Crippen molar-refractivity contribution in [2.24, 2.45) is 0 Å². The van der Waals surface area contributed by atoms with E-state index >= 15 is 0 Å². The Morgan fingerprint density at radius 3 is 1.94 bits per heavy atom. The Labute approximate surface area is 311 Å². The summed E-state index contributed by atoms with van der Waals surface area (Å²) in [5, 5.41) is 7.28. The van der Waals surface area contributed by atoms with Gasteiger partial charge in [-0.1, -0.05) is 123 Å². The molecule has 0 fully saturated rings. The van der Waals surface area contributed by atoms with Gasteiger partial charge in [0.2, 0.25) is 0 Å². The molecule has 0 bridgehead atoms. The van der Waals surface area contributed by atoms with E-state index in [1.165, 1.54) is 82.7 Å². The topological polar surface area (TPSA) is 23.0 Å². The van der Waals surface area contributed by atoms with Crippen LogP contribution >= 0.6 is 0 Å². The van der Waals surface area contributed by atoms with Gasteiger partial charge in [-0.25, -0.2) is 0 Å². The third kappa shape index (κ3) is 3.85. The van der Waals surface area contributed by atoms with E-state index in [0.29, 0.717) is 0 Å². The van der Waals surface area contributed by atoms with E-state index in [1.54, 1.807) is 0 Å². The highest BCUT2D eigenvalue weighted by molar-refractivity contribution is 6.17. The highest BCUT2D eigenvalue weighted by Gasteiger charge is 2.38. The zero-order valence-corrected chi connectivity index (χ0v) is 30.0. The molecule has 3 heteroatoms. The average molecular weight is 691 g/mol. The first-order valence-electron chi connectivity index (χ1n) is 18.8.